The van der Waals surface area contributed by atoms with E-state index in [0.717, 1.165) is 16.5 Å². The molecule has 1 aromatic heterocycles. The first-order valence-corrected chi connectivity index (χ1v) is 12.4. The Hall–Kier alpha value is -2.88. The number of piperazine rings is 1. The van der Waals surface area contributed by atoms with Crippen LogP contribution in [0.4, 0.5) is 0 Å². The Morgan fingerprint density at radius 3 is 2.39 bits per heavy atom. The Morgan fingerprint density at radius 2 is 1.73 bits per heavy atom. The Balaban J connectivity index is 1.46. The van der Waals surface area contributed by atoms with Crippen LogP contribution in [0.5, 0.6) is 0 Å². The molecule has 10 heteroatoms. The van der Waals surface area contributed by atoms with Gasteiger partial charge in [-0.25, -0.2) is 8.42 Å². The van der Waals surface area contributed by atoms with Crippen LogP contribution in [0.25, 0.3) is 10.9 Å². The first-order valence-electron chi connectivity index (χ1n) is 10.6. The van der Waals surface area contributed by atoms with Crippen molar-refractivity contribution in [2.24, 2.45) is 0 Å². The molecule has 1 atom stereocenters. The summed E-state index contributed by atoms with van der Waals surface area (Å²) in [5.41, 5.74) is 1.89. The van der Waals surface area contributed by atoms with Crippen LogP contribution >= 0.6 is 11.6 Å². The third-order valence-electron chi connectivity index (χ3n) is 5.78. The van der Waals surface area contributed by atoms with Gasteiger partial charge in [0.25, 0.3) is 0 Å². The minimum atomic E-state index is -3.67. The van der Waals surface area contributed by atoms with E-state index in [9.17, 15) is 18.0 Å². The molecule has 0 saturated carbocycles. The van der Waals surface area contributed by atoms with Gasteiger partial charge in [0.1, 0.15) is 6.04 Å². The number of rotatable bonds is 6. The molecule has 1 aliphatic heterocycles. The number of carbonyl (C=O) groups is 2. The second-order valence-corrected chi connectivity index (χ2v) is 10.4. The van der Waals surface area contributed by atoms with Crippen LogP contribution in [0.1, 0.15) is 12.5 Å². The van der Waals surface area contributed by atoms with E-state index in [-0.39, 0.29) is 42.9 Å². The van der Waals surface area contributed by atoms with Crippen LogP contribution in [0.2, 0.25) is 5.02 Å². The smallest absolute Gasteiger partial charge is 0.245 e. The maximum Gasteiger partial charge on any atom is 0.245 e. The van der Waals surface area contributed by atoms with Crippen LogP contribution < -0.4 is 5.32 Å². The number of aromatic nitrogens is 1. The number of hydrogen-bond acceptors (Lipinski definition) is 4. The fourth-order valence-electron chi connectivity index (χ4n) is 4.09. The summed E-state index contributed by atoms with van der Waals surface area (Å²) >= 11 is 5.87. The summed E-state index contributed by atoms with van der Waals surface area (Å²) in [6.45, 7) is 2.23. The van der Waals surface area contributed by atoms with Crippen molar-refractivity contribution in [1.82, 2.24) is 19.5 Å². The lowest BCUT2D eigenvalue weighted by molar-refractivity contribution is -0.137. The minimum Gasteiger partial charge on any atom is -0.361 e. The van der Waals surface area contributed by atoms with Crippen LogP contribution in [0, 0.1) is 0 Å². The molecule has 3 aromatic rings. The van der Waals surface area contributed by atoms with Gasteiger partial charge in [0.15, 0.2) is 0 Å². The summed E-state index contributed by atoms with van der Waals surface area (Å²) in [7, 11) is -3.67. The molecule has 1 saturated heterocycles. The molecule has 2 amide bonds. The Kier molecular flexibility index (Phi) is 6.73. The van der Waals surface area contributed by atoms with Gasteiger partial charge in [0.2, 0.25) is 21.8 Å². The van der Waals surface area contributed by atoms with Crippen molar-refractivity contribution in [2.75, 3.05) is 26.2 Å². The highest BCUT2D eigenvalue weighted by Gasteiger charge is 2.33. The van der Waals surface area contributed by atoms with Gasteiger partial charge in [-0.15, -0.1) is 0 Å². The van der Waals surface area contributed by atoms with Gasteiger partial charge < -0.3 is 15.2 Å². The third kappa shape index (κ3) is 5.05. The molecular weight excluding hydrogens is 464 g/mol. The van der Waals surface area contributed by atoms with Crippen LogP contribution in [-0.4, -0.2) is 66.6 Å². The number of nitrogens with one attached hydrogen (secondary N) is 2. The molecule has 1 aliphatic rings. The Labute approximate surface area is 197 Å². The van der Waals surface area contributed by atoms with Crippen LogP contribution in [0.3, 0.4) is 0 Å². The maximum absolute atomic E-state index is 13.3. The largest absolute Gasteiger partial charge is 0.361 e. The van der Waals surface area contributed by atoms with Gasteiger partial charge >= 0.3 is 0 Å². The summed E-state index contributed by atoms with van der Waals surface area (Å²) in [6.07, 6.45) is 2.19. The van der Waals surface area contributed by atoms with Crippen LogP contribution in [0.15, 0.2) is 59.6 Å². The molecule has 0 bridgehead atoms. The molecule has 1 unspecified atom stereocenters. The highest BCUT2D eigenvalue weighted by atomic mass is 35.5. The molecule has 174 valence electrons. The fourth-order valence-corrected chi connectivity index (χ4v) is 5.64. The zero-order chi connectivity index (χ0) is 23.6. The molecular formula is C23H25ClN4O4S. The summed E-state index contributed by atoms with van der Waals surface area (Å²) in [4.78, 5) is 30.1. The molecule has 2 heterocycles. The topological polar surface area (TPSA) is 103 Å². The van der Waals surface area contributed by atoms with Gasteiger partial charge in [0.05, 0.1) is 4.90 Å². The van der Waals surface area contributed by atoms with E-state index in [1.54, 1.807) is 4.90 Å². The molecule has 0 aliphatic carbocycles. The molecule has 0 spiro atoms. The summed E-state index contributed by atoms with van der Waals surface area (Å²) in [5.74, 6) is -0.517. The predicted molar refractivity (Wildman–Crippen MR) is 126 cm³/mol. The van der Waals surface area contributed by atoms with Gasteiger partial charge in [-0.05, 0) is 35.9 Å². The molecule has 33 heavy (non-hydrogen) atoms. The van der Waals surface area contributed by atoms with Gasteiger partial charge in [-0.1, -0.05) is 29.8 Å². The molecule has 8 nitrogen and oxygen atoms in total. The van der Waals surface area contributed by atoms with E-state index in [0.29, 0.717) is 11.4 Å². The SMILES string of the molecule is CC(=O)NC(Cc1c[nH]c2ccccc12)C(=O)N1CCN(S(=O)(=O)c2ccc(Cl)cc2)CC1. The highest BCUT2D eigenvalue weighted by molar-refractivity contribution is 7.89. The number of hydrogen-bond donors (Lipinski definition) is 2. The van der Waals surface area contributed by atoms with E-state index < -0.39 is 16.1 Å². The average molecular weight is 489 g/mol. The summed E-state index contributed by atoms with van der Waals surface area (Å²) in [6, 6.07) is 13.1. The quantitative estimate of drug-likeness (QED) is 0.556. The van der Waals surface area contributed by atoms with Crippen molar-refractivity contribution >= 4 is 44.3 Å². The standard InChI is InChI=1S/C23H25ClN4O4S/c1-16(29)26-22(14-17-15-25-21-5-3-2-4-20(17)21)23(30)27-10-12-28(13-11-27)33(31,32)19-8-6-18(24)7-9-19/h2-9,15,22,25H,10-14H2,1H3,(H,26,29). The number of para-hydroxylation sites is 1. The minimum absolute atomic E-state index is 0.169. The highest BCUT2D eigenvalue weighted by Crippen LogP contribution is 2.22. The maximum atomic E-state index is 13.3. The predicted octanol–water partition coefficient (Wildman–Crippen LogP) is 2.40. The van der Waals surface area contributed by atoms with E-state index in [4.69, 9.17) is 11.6 Å². The Bertz CT molecular complexity index is 1270. The van der Waals surface area contributed by atoms with Crippen LogP contribution in [-0.2, 0) is 26.0 Å². The molecule has 4 rings (SSSR count). The second-order valence-electron chi connectivity index (χ2n) is 8.00. The van der Waals surface area contributed by atoms with Crippen molar-refractivity contribution in [3.63, 3.8) is 0 Å². The van der Waals surface area contributed by atoms with Crippen molar-refractivity contribution in [2.45, 2.75) is 24.3 Å². The first kappa shape index (κ1) is 23.3. The van der Waals surface area contributed by atoms with Crippen molar-refractivity contribution in [3.8, 4) is 0 Å². The van der Waals surface area contributed by atoms with Crippen molar-refractivity contribution in [1.29, 1.82) is 0 Å². The number of nitrogens with zero attached hydrogens (tertiary/aromatic N) is 2. The summed E-state index contributed by atoms with van der Waals surface area (Å²) < 4.78 is 27.2. The number of fused-ring (bicyclic) bond motifs is 1. The number of halogens is 1. The van der Waals surface area contributed by atoms with E-state index in [1.165, 1.54) is 35.5 Å². The number of amides is 2. The van der Waals surface area contributed by atoms with E-state index in [1.807, 2.05) is 30.5 Å². The lowest BCUT2D eigenvalue weighted by Crippen LogP contribution is -2.56. The van der Waals surface area contributed by atoms with Crippen molar-refractivity contribution < 1.29 is 18.0 Å². The zero-order valence-electron chi connectivity index (χ0n) is 18.1. The first-order chi connectivity index (χ1) is 15.8. The molecule has 1 fully saturated rings. The molecule has 0 radical (unpaired) electrons. The average Bonchev–Trinajstić information content (AvgIpc) is 3.21. The van der Waals surface area contributed by atoms with E-state index >= 15 is 0 Å². The van der Waals surface area contributed by atoms with Gasteiger partial charge in [-0.3, -0.25) is 9.59 Å². The number of carbonyl (C=O) groups excluding carboxylic acids is 2. The van der Waals surface area contributed by atoms with Gasteiger partial charge in [0, 0.05) is 61.6 Å². The number of benzene rings is 2. The number of sulfonamides is 1. The van der Waals surface area contributed by atoms with E-state index in [2.05, 4.69) is 10.3 Å². The normalized spacial score (nSPS) is 16.0. The van der Waals surface area contributed by atoms with Gasteiger partial charge in [-0.2, -0.15) is 4.31 Å². The Morgan fingerprint density at radius 1 is 1.06 bits per heavy atom. The second kappa shape index (κ2) is 9.54. The monoisotopic (exact) mass is 488 g/mol. The zero-order valence-corrected chi connectivity index (χ0v) is 19.7. The number of H-pyrrole nitrogens is 1. The third-order valence-corrected chi connectivity index (χ3v) is 7.94. The summed E-state index contributed by atoms with van der Waals surface area (Å²) in [5, 5.41) is 4.23. The molecule has 2 N–H and O–H groups in total. The lowest BCUT2D eigenvalue weighted by Gasteiger charge is -2.35. The molecule has 2 aromatic carbocycles. The van der Waals surface area contributed by atoms with Crippen molar-refractivity contribution in [3.05, 3.63) is 65.3 Å². The fraction of sp³-hybridized carbons (Fsp3) is 0.304. The lowest BCUT2D eigenvalue weighted by atomic mass is 10.0. The number of aromatic amines is 1.